The Morgan fingerprint density at radius 2 is 2.24 bits per heavy atom. The monoisotopic (exact) mass is 357 g/mol. The van der Waals surface area contributed by atoms with E-state index in [4.69, 9.17) is 0 Å². The highest BCUT2D eigenvalue weighted by Crippen LogP contribution is 2.49. The number of nitrogens with zero attached hydrogens (tertiary/aromatic N) is 4. The zero-order chi connectivity index (χ0) is 17.6. The van der Waals surface area contributed by atoms with Crippen LogP contribution in [0.4, 0.5) is 5.69 Å². The van der Waals surface area contributed by atoms with Gasteiger partial charge >= 0.3 is 0 Å². The minimum atomic E-state index is -0.605. The largest absolute Gasteiger partial charge is 0.379 e. The third kappa shape index (κ3) is 2.66. The summed E-state index contributed by atoms with van der Waals surface area (Å²) in [5.74, 6) is 0. The van der Waals surface area contributed by atoms with Gasteiger partial charge in [0.05, 0.1) is 22.4 Å². The highest BCUT2D eigenvalue weighted by Gasteiger charge is 2.30. The molecule has 4 rings (SSSR count). The van der Waals surface area contributed by atoms with Crippen molar-refractivity contribution >= 4 is 28.4 Å². The average molecular weight is 357 g/mol. The molecule has 0 bridgehead atoms. The number of hydrogen-bond acceptors (Lipinski definition) is 7. The van der Waals surface area contributed by atoms with E-state index in [-0.39, 0.29) is 10.6 Å². The Hall–Kier alpha value is -2.49. The first kappa shape index (κ1) is 16.0. The summed E-state index contributed by atoms with van der Waals surface area (Å²) in [6.45, 7) is 2.72. The van der Waals surface area contributed by atoms with Crippen molar-refractivity contribution in [2.75, 3.05) is 6.54 Å². The Morgan fingerprint density at radius 3 is 3.00 bits per heavy atom. The molecule has 1 atom stereocenters. The summed E-state index contributed by atoms with van der Waals surface area (Å²) in [4.78, 5) is 17.0. The molecular formula is C16H15N5O3S. The molecule has 0 radical (unpaired) electrons. The number of rotatable bonds is 5. The summed E-state index contributed by atoms with van der Waals surface area (Å²) >= 11 is 1.36. The number of pyridine rings is 1. The molecule has 0 saturated carbocycles. The Kier molecular flexibility index (Phi) is 3.91. The summed E-state index contributed by atoms with van der Waals surface area (Å²) in [6, 6.07) is 6.96. The van der Waals surface area contributed by atoms with Crippen LogP contribution in [-0.4, -0.2) is 37.6 Å². The summed E-state index contributed by atoms with van der Waals surface area (Å²) in [5, 5.41) is 29.1. The smallest absolute Gasteiger partial charge is 0.284 e. The third-order valence-electron chi connectivity index (χ3n) is 4.02. The number of nitro groups is 1. The molecule has 0 fully saturated rings. The highest BCUT2D eigenvalue weighted by molar-refractivity contribution is 8.00. The van der Waals surface area contributed by atoms with Gasteiger partial charge < -0.3 is 5.11 Å². The van der Waals surface area contributed by atoms with Crippen LogP contribution in [0.3, 0.4) is 0 Å². The Labute approximate surface area is 147 Å². The fourth-order valence-electron chi connectivity index (χ4n) is 2.95. The van der Waals surface area contributed by atoms with E-state index in [0.717, 1.165) is 21.5 Å². The lowest BCUT2D eigenvalue weighted by Crippen LogP contribution is -2.29. The molecule has 3 aromatic rings. The molecular weight excluding hydrogens is 342 g/mol. The number of hydrogen-bond donors (Lipinski definition) is 2. The number of nitro benzene ring substituents is 1. The molecule has 25 heavy (non-hydrogen) atoms. The molecule has 1 unspecified atom stereocenters. The zero-order valence-corrected chi connectivity index (χ0v) is 14.2. The van der Waals surface area contributed by atoms with Gasteiger partial charge in [-0.05, 0) is 25.1 Å². The fraction of sp³-hybridized carbons (Fsp3) is 0.250. The summed E-state index contributed by atoms with van der Waals surface area (Å²) < 4.78 is 1.80. The number of fused-ring (bicyclic) bond motifs is 2. The Bertz CT molecular complexity index is 985. The number of aliphatic hydroxyl groups is 1. The molecule has 0 saturated heterocycles. The van der Waals surface area contributed by atoms with Crippen LogP contribution in [0, 0.1) is 10.1 Å². The van der Waals surface area contributed by atoms with E-state index in [0.29, 0.717) is 23.7 Å². The second kappa shape index (κ2) is 6.10. The Balaban J connectivity index is 1.90. The quantitative estimate of drug-likeness (QED) is 0.321. The molecule has 2 aromatic heterocycles. The SMILES string of the molecule is CC(O)NCCn1nc2c3c(c([N+](=O)[O-])ccc31)Sc1cccnc1-2. The summed E-state index contributed by atoms with van der Waals surface area (Å²) in [5.41, 5.74) is 2.31. The first-order chi connectivity index (χ1) is 12.1. The lowest BCUT2D eigenvalue weighted by molar-refractivity contribution is -0.387. The maximum absolute atomic E-state index is 11.4. The molecule has 0 amide bonds. The van der Waals surface area contributed by atoms with Crippen molar-refractivity contribution in [1.29, 1.82) is 0 Å². The van der Waals surface area contributed by atoms with Gasteiger partial charge in [-0.15, -0.1) is 0 Å². The van der Waals surface area contributed by atoms with Crippen molar-refractivity contribution < 1.29 is 10.0 Å². The van der Waals surface area contributed by atoms with Crippen LogP contribution in [0.5, 0.6) is 0 Å². The van der Waals surface area contributed by atoms with Crippen LogP contribution in [0.25, 0.3) is 22.3 Å². The number of aliphatic hydroxyl groups excluding tert-OH is 1. The molecule has 128 valence electrons. The minimum absolute atomic E-state index is 0.0786. The standard InChI is InChI=1S/C16H15N5O3S/c1-9(22)17-7-8-20-10-4-5-11(21(23)24)16-13(10)15(19-20)14-12(25-16)3-2-6-18-14/h2-6,9,17,22H,7-8H2,1H3. The third-order valence-corrected chi connectivity index (χ3v) is 5.18. The maximum atomic E-state index is 11.4. The summed E-state index contributed by atoms with van der Waals surface area (Å²) in [7, 11) is 0. The molecule has 0 aliphatic carbocycles. The van der Waals surface area contributed by atoms with E-state index in [1.807, 2.05) is 12.1 Å². The van der Waals surface area contributed by atoms with Crippen LogP contribution in [0.1, 0.15) is 6.92 Å². The number of benzene rings is 1. The van der Waals surface area contributed by atoms with Crippen LogP contribution in [0.15, 0.2) is 40.3 Å². The van der Waals surface area contributed by atoms with Crippen molar-refractivity contribution in [2.24, 2.45) is 0 Å². The molecule has 8 nitrogen and oxygen atoms in total. The van der Waals surface area contributed by atoms with Gasteiger partial charge in [-0.2, -0.15) is 5.10 Å². The lowest BCUT2D eigenvalue weighted by Gasteiger charge is -2.13. The first-order valence-electron chi connectivity index (χ1n) is 7.79. The van der Waals surface area contributed by atoms with Crippen LogP contribution in [-0.2, 0) is 6.54 Å². The van der Waals surface area contributed by atoms with Gasteiger partial charge in [0.15, 0.2) is 0 Å². The van der Waals surface area contributed by atoms with E-state index in [2.05, 4.69) is 15.4 Å². The first-order valence-corrected chi connectivity index (χ1v) is 8.60. The molecule has 1 aromatic carbocycles. The van der Waals surface area contributed by atoms with Crippen LogP contribution >= 0.6 is 11.8 Å². The van der Waals surface area contributed by atoms with Crippen LogP contribution in [0.2, 0.25) is 0 Å². The van der Waals surface area contributed by atoms with Gasteiger partial charge in [-0.1, -0.05) is 11.8 Å². The van der Waals surface area contributed by atoms with Gasteiger partial charge in [0.25, 0.3) is 5.69 Å². The minimum Gasteiger partial charge on any atom is -0.379 e. The number of nitrogens with one attached hydrogen (secondary N) is 1. The average Bonchev–Trinajstić information content (AvgIpc) is 2.95. The van der Waals surface area contributed by atoms with Crippen molar-refractivity contribution in [1.82, 2.24) is 20.1 Å². The van der Waals surface area contributed by atoms with Gasteiger partial charge in [0.2, 0.25) is 0 Å². The highest BCUT2D eigenvalue weighted by atomic mass is 32.2. The predicted octanol–water partition coefficient (Wildman–Crippen LogP) is 2.40. The zero-order valence-electron chi connectivity index (χ0n) is 13.3. The van der Waals surface area contributed by atoms with Crippen LogP contribution < -0.4 is 5.32 Å². The second-order valence-electron chi connectivity index (χ2n) is 5.72. The Morgan fingerprint density at radius 1 is 1.40 bits per heavy atom. The van der Waals surface area contributed by atoms with Gasteiger partial charge in [-0.3, -0.25) is 25.1 Å². The van der Waals surface area contributed by atoms with Crippen molar-refractivity contribution in [3.05, 3.63) is 40.6 Å². The maximum Gasteiger partial charge on any atom is 0.284 e. The van der Waals surface area contributed by atoms with Crippen molar-refractivity contribution in [2.45, 2.75) is 29.5 Å². The molecule has 2 N–H and O–H groups in total. The van der Waals surface area contributed by atoms with E-state index in [9.17, 15) is 15.2 Å². The fourth-order valence-corrected chi connectivity index (χ4v) is 4.12. The molecule has 9 heteroatoms. The van der Waals surface area contributed by atoms with E-state index in [1.54, 1.807) is 23.9 Å². The lowest BCUT2D eigenvalue weighted by atomic mass is 10.1. The second-order valence-corrected chi connectivity index (χ2v) is 6.77. The number of aromatic nitrogens is 3. The normalized spacial score (nSPS) is 13.7. The van der Waals surface area contributed by atoms with Gasteiger partial charge in [-0.25, -0.2) is 0 Å². The predicted molar refractivity (Wildman–Crippen MR) is 93.4 cm³/mol. The molecule has 3 heterocycles. The van der Waals surface area contributed by atoms with Crippen molar-refractivity contribution in [3.63, 3.8) is 0 Å². The topological polar surface area (TPSA) is 106 Å². The van der Waals surface area contributed by atoms with Gasteiger partial charge in [0, 0.05) is 23.7 Å². The van der Waals surface area contributed by atoms with E-state index < -0.39 is 6.23 Å². The molecule has 1 aliphatic rings. The van der Waals surface area contributed by atoms with Gasteiger partial charge in [0.1, 0.15) is 22.5 Å². The molecule has 0 spiro atoms. The van der Waals surface area contributed by atoms with E-state index in [1.165, 1.54) is 17.8 Å². The summed E-state index contributed by atoms with van der Waals surface area (Å²) in [6.07, 6.45) is 1.09. The van der Waals surface area contributed by atoms with Crippen molar-refractivity contribution in [3.8, 4) is 11.4 Å². The van der Waals surface area contributed by atoms with E-state index >= 15 is 0 Å². The molecule has 1 aliphatic heterocycles.